The van der Waals surface area contributed by atoms with Gasteiger partial charge in [0.2, 0.25) is 0 Å². The monoisotopic (exact) mass is 583 g/mol. The highest BCUT2D eigenvalue weighted by Crippen LogP contribution is 2.55. The molecule has 2 aliphatic heterocycles. The molecule has 1 amide bonds. The van der Waals surface area contributed by atoms with Crippen LogP contribution in [0.15, 0.2) is 72.7 Å². The first-order valence-corrected chi connectivity index (χ1v) is 14.7. The maximum Gasteiger partial charge on any atom is 0.526 e. The van der Waals surface area contributed by atoms with Gasteiger partial charge in [-0.25, -0.2) is 9.36 Å². The molecule has 0 bridgehead atoms. The summed E-state index contributed by atoms with van der Waals surface area (Å²) in [6.07, 6.45) is 6.21. The largest absolute Gasteiger partial charge is 0.526 e. The topological polar surface area (TPSA) is 161 Å². The van der Waals surface area contributed by atoms with Gasteiger partial charge in [-0.05, 0) is 43.2 Å². The van der Waals surface area contributed by atoms with Crippen molar-refractivity contribution in [2.24, 2.45) is 0 Å². The number of esters is 1. The normalized spacial score (nSPS) is 21.7. The number of unbranched alkanes of at least 4 members (excludes halogenated alkanes) is 3. The molecule has 41 heavy (non-hydrogen) atoms. The molecule has 11 nitrogen and oxygen atoms in total. The smallest absolute Gasteiger partial charge is 0.508 e. The van der Waals surface area contributed by atoms with E-state index in [9.17, 15) is 29.3 Å². The number of nitrogens with one attached hydrogen (secondary N) is 1. The molecular weight excluding hydrogens is 553 g/mol. The summed E-state index contributed by atoms with van der Waals surface area (Å²) in [4.78, 5) is 35.5. The van der Waals surface area contributed by atoms with Crippen LogP contribution in [0.1, 0.15) is 63.9 Å². The number of phenols is 1. The maximum atomic E-state index is 13.1. The van der Waals surface area contributed by atoms with Crippen LogP contribution in [0.4, 0.5) is 0 Å². The maximum absolute atomic E-state index is 13.1. The molecule has 0 saturated heterocycles. The minimum Gasteiger partial charge on any atom is -0.508 e. The first kappa shape index (κ1) is 28.6. The van der Waals surface area contributed by atoms with Crippen molar-refractivity contribution in [3.05, 3.63) is 95.0 Å². The van der Waals surface area contributed by atoms with E-state index in [1.807, 2.05) is 0 Å². The number of phenolic OH excluding ortho intramolecular Hbond substituents is 1. The number of rotatable bonds is 11. The van der Waals surface area contributed by atoms with Gasteiger partial charge in [0.05, 0.1) is 24.5 Å². The third-order valence-electron chi connectivity index (χ3n) is 7.08. The molecule has 1 spiro atoms. The van der Waals surface area contributed by atoms with Crippen molar-refractivity contribution in [2.75, 3.05) is 13.2 Å². The number of aliphatic hydroxyl groups is 1. The molecule has 3 aliphatic rings. The highest BCUT2D eigenvalue weighted by atomic mass is 31.2. The standard InChI is InChI=1S/C29H30NO10P/c1-2-37-41(35,36)38-14-6-4-3-5-13-30-27(33)18-7-10-21-24(15-18)29(40-28(21)34)22-11-8-19(31)16-25(22)39-26-17-20(32)9-12-23(26)29/h2,7-12,15-16,20,31-32H,1,3-6,13-14,17H2,(H,30,33)(H,35,36). The number of benzene rings is 2. The Bertz CT molecular complexity index is 1500. The fraction of sp³-hybridized carbons (Fsp3) is 0.310. The number of fused-ring (bicyclic) bond motifs is 5. The van der Waals surface area contributed by atoms with Gasteiger partial charge in [0, 0.05) is 41.3 Å². The van der Waals surface area contributed by atoms with E-state index in [2.05, 4.69) is 16.4 Å². The number of aromatic hydroxyl groups is 1. The highest BCUT2D eigenvalue weighted by Gasteiger charge is 2.54. The summed E-state index contributed by atoms with van der Waals surface area (Å²) >= 11 is 0. The molecule has 0 saturated carbocycles. The van der Waals surface area contributed by atoms with Crippen molar-refractivity contribution in [3.8, 4) is 11.5 Å². The van der Waals surface area contributed by atoms with Crippen molar-refractivity contribution in [3.63, 3.8) is 0 Å². The second kappa shape index (κ2) is 11.5. The summed E-state index contributed by atoms with van der Waals surface area (Å²) < 4.78 is 32.7. The SMILES string of the molecule is C=COP(=O)(O)OCCCCCCNC(=O)c1ccc2c(c1)C1(OC2=O)C2=C(CC(O)C=C2)Oc2cc(O)ccc21. The third kappa shape index (κ3) is 5.67. The van der Waals surface area contributed by atoms with Crippen molar-refractivity contribution in [1.82, 2.24) is 5.32 Å². The van der Waals surface area contributed by atoms with Gasteiger partial charge in [0.15, 0.2) is 5.60 Å². The molecule has 1 aliphatic carbocycles. The Kier molecular flexibility index (Phi) is 8.06. The minimum absolute atomic E-state index is 0.0323. The number of phosphoric acid groups is 1. The molecule has 5 rings (SSSR count). The lowest BCUT2D eigenvalue weighted by Gasteiger charge is -2.39. The van der Waals surface area contributed by atoms with Crippen LogP contribution < -0.4 is 10.1 Å². The van der Waals surface area contributed by atoms with Crippen molar-refractivity contribution >= 4 is 19.7 Å². The van der Waals surface area contributed by atoms with Gasteiger partial charge in [-0.1, -0.05) is 31.6 Å². The minimum atomic E-state index is -4.10. The molecule has 12 heteroatoms. The Morgan fingerprint density at radius 1 is 1.17 bits per heavy atom. The molecule has 3 unspecified atom stereocenters. The molecule has 2 aromatic rings. The highest BCUT2D eigenvalue weighted by molar-refractivity contribution is 7.47. The van der Waals surface area contributed by atoms with Crippen LogP contribution in [0.25, 0.3) is 0 Å². The predicted octanol–water partition coefficient (Wildman–Crippen LogP) is 4.34. The summed E-state index contributed by atoms with van der Waals surface area (Å²) in [6.45, 7) is 3.68. The second-order valence-electron chi connectivity index (χ2n) is 9.83. The van der Waals surface area contributed by atoms with Gasteiger partial charge in [0.25, 0.3) is 5.91 Å². The summed E-state index contributed by atoms with van der Waals surface area (Å²) in [5.74, 6) is -0.210. The molecule has 0 fully saturated rings. The predicted molar refractivity (Wildman–Crippen MR) is 146 cm³/mol. The van der Waals surface area contributed by atoms with E-state index in [0.29, 0.717) is 58.7 Å². The first-order valence-electron chi connectivity index (χ1n) is 13.2. The molecule has 0 radical (unpaired) electrons. The average Bonchev–Trinajstić information content (AvgIpc) is 3.21. The zero-order valence-electron chi connectivity index (χ0n) is 22.1. The number of carbonyl (C=O) groups is 2. The van der Waals surface area contributed by atoms with E-state index in [4.69, 9.17) is 14.0 Å². The van der Waals surface area contributed by atoms with Crippen LogP contribution in [-0.2, 0) is 24.0 Å². The van der Waals surface area contributed by atoms with Crippen molar-refractivity contribution in [1.29, 1.82) is 0 Å². The number of phosphoric ester groups is 1. The van der Waals surface area contributed by atoms with Crippen LogP contribution >= 0.6 is 7.82 Å². The third-order valence-corrected chi connectivity index (χ3v) is 8.01. The number of carbonyl (C=O) groups excluding carboxylic acids is 2. The molecule has 3 atom stereocenters. The number of ether oxygens (including phenoxy) is 2. The number of amides is 1. The van der Waals surface area contributed by atoms with E-state index in [0.717, 1.165) is 19.1 Å². The molecule has 0 aromatic heterocycles. The lowest BCUT2D eigenvalue weighted by atomic mass is 9.75. The van der Waals surface area contributed by atoms with Gasteiger partial charge in [-0.2, -0.15) is 0 Å². The summed E-state index contributed by atoms with van der Waals surface area (Å²) in [6, 6.07) is 9.29. The Morgan fingerprint density at radius 3 is 2.78 bits per heavy atom. The molecule has 2 aromatic carbocycles. The molecule has 216 valence electrons. The van der Waals surface area contributed by atoms with Crippen LogP contribution in [0, 0.1) is 0 Å². The Labute approximate surface area is 236 Å². The van der Waals surface area contributed by atoms with Gasteiger partial charge in [-0.15, -0.1) is 0 Å². The van der Waals surface area contributed by atoms with Crippen LogP contribution in [0.2, 0.25) is 0 Å². The van der Waals surface area contributed by atoms with E-state index >= 15 is 0 Å². The second-order valence-corrected chi connectivity index (χ2v) is 11.2. The fourth-order valence-corrected chi connectivity index (χ4v) is 5.84. The van der Waals surface area contributed by atoms with E-state index in [-0.39, 0.29) is 24.7 Å². The zero-order chi connectivity index (χ0) is 29.2. The van der Waals surface area contributed by atoms with E-state index < -0.39 is 25.5 Å². The van der Waals surface area contributed by atoms with E-state index in [1.165, 1.54) is 12.1 Å². The van der Waals surface area contributed by atoms with Gasteiger partial charge in [-0.3, -0.25) is 14.2 Å². The van der Waals surface area contributed by atoms with Gasteiger partial charge >= 0.3 is 13.8 Å². The summed E-state index contributed by atoms with van der Waals surface area (Å²) in [7, 11) is -4.10. The lowest BCUT2D eigenvalue weighted by Crippen LogP contribution is -2.37. The van der Waals surface area contributed by atoms with Gasteiger partial charge in [0.1, 0.15) is 17.3 Å². The summed E-state index contributed by atoms with van der Waals surface area (Å²) in [5.41, 5.74) is 0.750. The average molecular weight is 584 g/mol. The van der Waals surface area contributed by atoms with Crippen LogP contribution in [0.3, 0.4) is 0 Å². The van der Waals surface area contributed by atoms with Crippen molar-refractivity contribution < 1.29 is 47.8 Å². The zero-order valence-corrected chi connectivity index (χ0v) is 23.0. The Morgan fingerprint density at radius 2 is 1.98 bits per heavy atom. The van der Waals surface area contributed by atoms with Gasteiger partial charge < -0.3 is 29.5 Å². The van der Waals surface area contributed by atoms with Crippen molar-refractivity contribution in [2.45, 2.75) is 43.8 Å². The number of hydrogen-bond acceptors (Lipinski definition) is 9. The quantitative estimate of drug-likeness (QED) is 0.130. The molecule has 4 N–H and O–H groups in total. The molecule has 2 heterocycles. The number of aliphatic hydroxyl groups excluding tert-OH is 1. The fourth-order valence-electron chi connectivity index (χ4n) is 5.24. The first-order chi connectivity index (χ1) is 19.6. The Balaban J connectivity index is 1.30. The molecular formula is C29H30NO10P. The lowest BCUT2D eigenvalue weighted by molar-refractivity contribution is 0.0203. The van der Waals surface area contributed by atoms with Crippen LogP contribution in [0.5, 0.6) is 11.5 Å². The Hall–Kier alpha value is -3.89. The van der Waals surface area contributed by atoms with Crippen LogP contribution in [-0.4, -0.2) is 46.2 Å². The summed E-state index contributed by atoms with van der Waals surface area (Å²) in [5, 5.41) is 23.2. The van der Waals surface area contributed by atoms with E-state index in [1.54, 1.807) is 36.4 Å². The number of hydrogen-bond donors (Lipinski definition) is 4.